The van der Waals surface area contributed by atoms with Crippen LogP contribution in [0.3, 0.4) is 0 Å². The predicted octanol–water partition coefficient (Wildman–Crippen LogP) is 4.75. The van der Waals surface area contributed by atoms with Crippen LogP contribution in [0, 0.1) is 0 Å². The van der Waals surface area contributed by atoms with E-state index in [4.69, 9.17) is 9.84 Å². The molecule has 1 aliphatic carbocycles. The Labute approximate surface area is 151 Å². The van der Waals surface area contributed by atoms with Crippen LogP contribution in [-0.2, 0) is 0 Å². The molecule has 0 radical (unpaired) electrons. The van der Waals surface area contributed by atoms with E-state index in [0.717, 1.165) is 6.07 Å². The summed E-state index contributed by atoms with van der Waals surface area (Å²) in [5, 5.41) is 21.0. The van der Waals surface area contributed by atoms with Gasteiger partial charge in [-0.15, -0.1) is 0 Å². The Morgan fingerprint density at radius 2 is 1.69 bits per heavy atom. The summed E-state index contributed by atoms with van der Waals surface area (Å²) in [4.78, 5) is 22.8. The first kappa shape index (κ1) is 17.8. The molecule has 0 spiro atoms. The van der Waals surface area contributed by atoms with Gasteiger partial charge in [0, 0.05) is 11.8 Å². The Hall–Kier alpha value is -3.02. The lowest BCUT2D eigenvalue weighted by atomic mass is 9.84. The highest BCUT2D eigenvalue weighted by molar-refractivity contribution is 5.93. The Morgan fingerprint density at radius 1 is 1.00 bits per heavy atom. The molecule has 0 aromatic heterocycles. The van der Waals surface area contributed by atoms with E-state index in [1.807, 2.05) is 12.1 Å². The molecule has 3 rings (SSSR count). The van der Waals surface area contributed by atoms with Gasteiger partial charge in [0.25, 0.3) is 0 Å². The van der Waals surface area contributed by atoms with E-state index in [1.165, 1.54) is 49.8 Å². The van der Waals surface area contributed by atoms with E-state index in [2.05, 4.69) is 5.32 Å². The van der Waals surface area contributed by atoms with Gasteiger partial charge in [0.05, 0.1) is 0 Å². The number of rotatable bonds is 4. The van der Waals surface area contributed by atoms with Crippen LogP contribution in [0.2, 0.25) is 0 Å². The first-order valence-corrected chi connectivity index (χ1v) is 8.68. The Kier molecular flexibility index (Phi) is 5.41. The summed E-state index contributed by atoms with van der Waals surface area (Å²) in [5.74, 6) is -0.655. The molecule has 0 heterocycles. The molecule has 136 valence electrons. The number of aromatic hydroxyl groups is 1. The fourth-order valence-corrected chi connectivity index (χ4v) is 3.28. The predicted molar refractivity (Wildman–Crippen MR) is 97.0 cm³/mol. The van der Waals surface area contributed by atoms with Crippen LogP contribution in [0.1, 0.15) is 53.9 Å². The number of ether oxygens (including phenoxy) is 1. The zero-order valence-electron chi connectivity index (χ0n) is 14.3. The number of carboxylic acids is 1. The van der Waals surface area contributed by atoms with Crippen molar-refractivity contribution in [2.75, 3.05) is 5.32 Å². The third-order valence-electron chi connectivity index (χ3n) is 4.64. The molecule has 2 aromatic rings. The number of hydrogen-bond acceptors (Lipinski definition) is 4. The Bertz CT molecular complexity index is 794. The number of carbonyl (C=O) groups excluding carboxylic acids is 1. The van der Waals surface area contributed by atoms with Gasteiger partial charge < -0.3 is 14.9 Å². The third-order valence-corrected chi connectivity index (χ3v) is 4.64. The number of nitrogens with one attached hydrogen (secondary N) is 1. The van der Waals surface area contributed by atoms with E-state index in [1.54, 1.807) is 12.1 Å². The smallest absolute Gasteiger partial charge is 0.417 e. The molecule has 0 bridgehead atoms. The minimum Gasteiger partial charge on any atom is -0.507 e. The number of benzene rings is 2. The fourth-order valence-electron chi connectivity index (χ4n) is 3.28. The molecule has 6 heteroatoms. The molecule has 6 nitrogen and oxygen atoms in total. The van der Waals surface area contributed by atoms with Gasteiger partial charge in [-0.2, -0.15) is 0 Å². The summed E-state index contributed by atoms with van der Waals surface area (Å²) in [7, 11) is 0. The van der Waals surface area contributed by atoms with Gasteiger partial charge in [-0.25, -0.2) is 9.59 Å². The van der Waals surface area contributed by atoms with Crippen molar-refractivity contribution in [3.8, 4) is 11.5 Å². The lowest BCUT2D eigenvalue weighted by molar-refractivity contribution is 0.0693. The molecule has 1 saturated carbocycles. The average molecular weight is 355 g/mol. The summed E-state index contributed by atoms with van der Waals surface area (Å²) < 4.78 is 5.23. The Balaban J connectivity index is 1.59. The third kappa shape index (κ3) is 4.33. The van der Waals surface area contributed by atoms with Gasteiger partial charge >= 0.3 is 12.1 Å². The second kappa shape index (κ2) is 7.91. The van der Waals surface area contributed by atoms with Crippen LogP contribution < -0.4 is 10.1 Å². The summed E-state index contributed by atoms with van der Waals surface area (Å²) >= 11 is 0. The van der Waals surface area contributed by atoms with Gasteiger partial charge in [-0.3, -0.25) is 5.32 Å². The van der Waals surface area contributed by atoms with E-state index >= 15 is 0 Å². The van der Waals surface area contributed by atoms with Gasteiger partial charge in [0.2, 0.25) is 0 Å². The van der Waals surface area contributed by atoms with Crippen molar-refractivity contribution in [1.29, 1.82) is 0 Å². The highest BCUT2D eigenvalue weighted by atomic mass is 16.6. The largest absolute Gasteiger partial charge is 0.507 e. The number of carbonyl (C=O) groups is 2. The molecule has 0 atom stereocenters. The maximum absolute atomic E-state index is 12.0. The zero-order valence-corrected chi connectivity index (χ0v) is 14.3. The van der Waals surface area contributed by atoms with Gasteiger partial charge in [0.1, 0.15) is 17.1 Å². The molecular weight excluding hydrogens is 334 g/mol. The van der Waals surface area contributed by atoms with Crippen molar-refractivity contribution in [2.45, 2.75) is 38.0 Å². The summed E-state index contributed by atoms with van der Waals surface area (Å²) in [5.41, 5.74) is 1.28. The van der Waals surface area contributed by atoms with E-state index in [-0.39, 0.29) is 11.3 Å². The fraction of sp³-hybridized carbons (Fsp3) is 0.300. The van der Waals surface area contributed by atoms with Gasteiger partial charge in [0.15, 0.2) is 0 Å². The van der Waals surface area contributed by atoms with Gasteiger partial charge in [-0.05, 0) is 48.6 Å². The molecule has 26 heavy (non-hydrogen) atoms. The van der Waals surface area contributed by atoms with Crippen molar-refractivity contribution in [2.24, 2.45) is 0 Å². The average Bonchev–Trinajstić information content (AvgIpc) is 2.63. The van der Waals surface area contributed by atoms with Crippen LogP contribution in [0.25, 0.3) is 0 Å². The van der Waals surface area contributed by atoms with Gasteiger partial charge in [-0.1, -0.05) is 31.4 Å². The molecule has 0 unspecified atom stereocenters. The molecule has 1 amide bonds. The number of anilines is 1. The van der Waals surface area contributed by atoms with Crippen LogP contribution in [0.5, 0.6) is 11.5 Å². The second-order valence-corrected chi connectivity index (χ2v) is 6.46. The van der Waals surface area contributed by atoms with Crippen LogP contribution in [0.15, 0.2) is 42.5 Å². The minimum absolute atomic E-state index is 0.234. The van der Waals surface area contributed by atoms with Crippen molar-refractivity contribution in [3.05, 3.63) is 53.6 Å². The lowest BCUT2D eigenvalue weighted by Crippen LogP contribution is -2.16. The van der Waals surface area contributed by atoms with Crippen molar-refractivity contribution in [1.82, 2.24) is 0 Å². The normalized spacial score (nSPS) is 14.6. The topological polar surface area (TPSA) is 95.9 Å². The number of hydrogen-bond donors (Lipinski definition) is 3. The first-order chi connectivity index (χ1) is 12.5. The summed E-state index contributed by atoms with van der Waals surface area (Å²) in [6, 6.07) is 11.3. The van der Waals surface area contributed by atoms with Crippen molar-refractivity contribution < 1.29 is 24.5 Å². The zero-order chi connectivity index (χ0) is 18.5. The van der Waals surface area contributed by atoms with Crippen LogP contribution in [0.4, 0.5) is 10.5 Å². The number of phenols is 1. The Morgan fingerprint density at radius 3 is 2.31 bits per heavy atom. The number of aromatic carboxylic acids is 1. The van der Waals surface area contributed by atoms with E-state index < -0.39 is 17.8 Å². The summed E-state index contributed by atoms with van der Waals surface area (Å²) in [6.45, 7) is 0. The minimum atomic E-state index is -1.24. The lowest BCUT2D eigenvalue weighted by Gasteiger charge is -2.22. The first-order valence-electron chi connectivity index (χ1n) is 8.68. The molecule has 1 aliphatic rings. The molecular formula is C20H21NO5. The highest BCUT2D eigenvalue weighted by Crippen LogP contribution is 2.33. The summed E-state index contributed by atoms with van der Waals surface area (Å²) in [6.07, 6.45) is 5.53. The molecule has 1 fully saturated rings. The number of amides is 1. The monoisotopic (exact) mass is 355 g/mol. The van der Waals surface area contributed by atoms with Crippen LogP contribution in [-0.4, -0.2) is 22.3 Å². The van der Waals surface area contributed by atoms with Crippen molar-refractivity contribution in [3.63, 3.8) is 0 Å². The quantitative estimate of drug-likeness (QED) is 0.735. The van der Waals surface area contributed by atoms with Crippen LogP contribution >= 0.6 is 0 Å². The molecule has 0 saturated heterocycles. The highest BCUT2D eigenvalue weighted by Gasteiger charge is 2.16. The molecule has 3 N–H and O–H groups in total. The maximum atomic E-state index is 12.0. The molecule has 2 aromatic carbocycles. The number of carboxylic acid groups (broad SMARTS) is 1. The standard InChI is InChI=1S/C20H21NO5/c22-18-12-15(8-11-17(18)19(23)24)21-20(25)26-16-9-6-14(7-10-16)13-4-2-1-3-5-13/h6-13,22H,1-5H2,(H,21,25)(H,23,24). The maximum Gasteiger partial charge on any atom is 0.417 e. The van der Waals surface area contributed by atoms with Crippen molar-refractivity contribution >= 4 is 17.7 Å². The van der Waals surface area contributed by atoms with E-state index in [9.17, 15) is 14.7 Å². The second-order valence-electron chi connectivity index (χ2n) is 6.46. The van der Waals surface area contributed by atoms with E-state index in [0.29, 0.717) is 11.7 Å². The molecule has 0 aliphatic heterocycles. The SMILES string of the molecule is O=C(Nc1ccc(C(=O)O)c(O)c1)Oc1ccc(C2CCCCC2)cc1.